The highest BCUT2D eigenvalue weighted by Crippen LogP contribution is 2.29. The fraction of sp³-hybridized carbons (Fsp3) is 0.278. The Balaban J connectivity index is 1.77. The summed E-state index contributed by atoms with van der Waals surface area (Å²) < 4.78 is 0. The number of nitrogens with zero attached hydrogens (tertiary/aromatic N) is 1. The maximum absolute atomic E-state index is 12.5. The van der Waals surface area contributed by atoms with Crippen LogP contribution < -0.4 is 4.90 Å². The van der Waals surface area contributed by atoms with E-state index >= 15 is 0 Å². The first-order chi connectivity index (χ1) is 9.75. The zero-order chi connectivity index (χ0) is 13.9. The molecule has 1 heterocycles. The Labute approximate surface area is 120 Å². The maximum Gasteiger partial charge on any atom is 0.159 e. The van der Waals surface area contributed by atoms with E-state index in [0.29, 0.717) is 12.2 Å². The standard InChI is InChI=1S/C18H19NO/c1-19-16-10-6-5-9-15(16)11-12-17(19)18(20)13-14-7-3-2-4-8-14/h2-10,17H,11-13H2,1H3. The third-order valence-corrected chi connectivity index (χ3v) is 4.12. The first kappa shape index (κ1) is 12.9. The summed E-state index contributed by atoms with van der Waals surface area (Å²) in [5.74, 6) is 0.313. The van der Waals surface area contributed by atoms with E-state index < -0.39 is 0 Å². The molecule has 20 heavy (non-hydrogen) atoms. The molecule has 0 aromatic heterocycles. The minimum atomic E-state index is 0.00473. The lowest BCUT2D eigenvalue weighted by Gasteiger charge is -2.35. The summed E-state index contributed by atoms with van der Waals surface area (Å²) >= 11 is 0. The molecule has 1 aliphatic heterocycles. The lowest BCUT2D eigenvalue weighted by atomic mass is 9.91. The molecule has 2 aromatic rings. The molecule has 0 fully saturated rings. The van der Waals surface area contributed by atoms with Gasteiger partial charge in [0.15, 0.2) is 5.78 Å². The predicted molar refractivity (Wildman–Crippen MR) is 82.1 cm³/mol. The van der Waals surface area contributed by atoms with Gasteiger partial charge in [0.25, 0.3) is 0 Å². The van der Waals surface area contributed by atoms with E-state index in [1.54, 1.807) is 0 Å². The highest BCUT2D eigenvalue weighted by Gasteiger charge is 2.28. The minimum absolute atomic E-state index is 0.00473. The summed E-state index contributed by atoms with van der Waals surface area (Å²) in [5.41, 5.74) is 3.65. The molecule has 1 unspecified atom stereocenters. The third kappa shape index (κ3) is 2.46. The second kappa shape index (κ2) is 5.49. The van der Waals surface area contributed by atoms with Gasteiger partial charge in [-0.25, -0.2) is 0 Å². The maximum atomic E-state index is 12.5. The van der Waals surface area contributed by atoms with Crippen molar-refractivity contribution in [3.8, 4) is 0 Å². The number of para-hydroxylation sites is 1. The second-order valence-electron chi connectivity index (χ2n) is 5.42. The molecule has 0 saturated heterocycles. The smallest absolute Gasteiger partial charge is 0.159 e. The fourth-order valence-corrected chi connectivity index (χ4v) is 3.01. The van der Waals surface area contributed by atoms with Gasteiger partial charge < -0.3 is 4.90 Å². The van der Waals surface area contributed by atoms with Crippen molar-refractivity contribution in [2.24, 2.45) is 0 Å². The van der Waals surface area contributed by atoms with Gasteiger partial charge in [0.2, 0.25) is 0 Å². The Bertz CT molecular complexity index is 606. The van der Waals surface area contributed by atoms with E-state index in [2.05, 4.69) is 23.1 Å². The van der Waals surface area contributed by atoms with Crippen LogP contribution in [0.5, 0.6) is 0 Å². The van der Waals surface area contributed by atoms with Gasteiger partial charge in [0, 0.05) is 19.2 Å². The second-order valence-corrected chi connectivity index (χ2v) is 5.42. The Morgan fingerprint density at radius 3 is 2.60 bits per heavy atom. The van der Waals surface area contributed by atoms with Crippen molar-refractivity contribution in [3.63, 3.8) is 0 Å². The number of benzene rings is 2. The monoisotopic (exact) mass is 265 g/mol. The van der Waals surface area contributed by atoms with Crippen LogP contribution in [0.4, 0.5) is 5.69 Å². The van der Waals surface area contributed by atoms with Crippen molar-refractivity contribution < 1.29 is 4.79 Å². The normalized spacial score (nSPS) is 17.6. The number of ketones is 1. The van der Waals surface area contributed by atoms with Crippen LogP contribution in [0.25, 0.3) is 0 Å². The Hall–Kier alpha value is -2.09. The largest absolute Gasteiger partial charge is 0.364 e. The van der Waals surface area contributed by atoms with Gasteiger partial charge in [-0.3, -0.25) is 4.79 Å². The Morgan fingerprint density at radius 2 is 1.80 bits per heavy atom. The Kier molecular flexibility index (Phi) is 3.55. The van der Waals surface area contributed by atoms with Crippen LogP contribution in [-0.4, -0.2) is 18.9 Å². The zero-order valence-electron chi connectivity index (χ0n) is 11.8. The van der Waals surface area contributed by atoms with Gasteiger partial charge in [-0.1, -0.05) is 48.5 Å². The average Bonchev–Trinajstić information content (AvgIpc) is 2.49. The summed E-state index contributed by atoms with van der Waals surface area (Å²) in [7, 11) is 2.03. The summed E-state index contributed by atoms with van der Waals surface area (Å²) in [4.78, 5) is 14.7. The van der Waals surface area contributed by atoms with Gasteiger partial charge in [-0.05, 0) is 30.0 Å². The van der Waals surface area contributed by atoms with Crippen LogP contribution in [-0.2, 0) is 17.6 Å². The first-order valence-corrected chi connectivity index (χ1v) is 7.13. The molecule has 0 spiro atoms. The van der Waals surface area contributed by atoms with Crippen molar-refractivity contribution in [3.05, 3.63) is 65.7 Å². The van der Waals surface area contributed by atoms with Gasteiger partial charge >= 0.3 is 0 Å². The number of aryl methyl sites for hydroxylation is 1. The summed E-state index contributed by atoms with van der Waals surface area (Å²) in [5, 5.41) is 0. The molecule has 0 bridgehead atoms. The van der Waals surface area contributed by atoms with Gasteiger partial charge in [-0.2, -0.15) is 0 Å². The van der Waals surface area contributed by atoms with Crippen LogP contribution in [0.2, 0.25) is 0 Å². The number of carbonyl (C=O) groups excluding carboxylic acids is 1. The third-order valence-electron chi connectivity index (χ3n) is 4.12. The van der Waals surface area contributed by atoms with E-state index in [0.717, 1.165) is 18.4 Å². The van der Waals surface area contributed by atoms with Gasteiger partial charge in [0.05, 0.1) is 6.04 Å². The molecule has 2 nitrogen and oxygen atoms in total. The van der Waals surface area contributed by atoms with Crippen LogP contribution >= 0.6 is 0 Å². The van der Waals surface area contributed by atoms with Crippen molar-refractivity contribution in [1.29, 1.82) is 0 Å². The van der Waals surface area contributed by atoms with Crippen molar-refractivity contribution in [2.45, 2.75) is 25.3 Å². The highest BCUT2D eigenvalue weighted by atomic mass is 16.1. The minimum Gasteiger partial charge on any atom is -0.364 e. The summed E-state index contributed by atoms with van der Waals surface area (Å²) in [6.45, 7) is 0. The fourth-order valence-electron chi connectivity index (χ4n) is 3.01. The molecule has 0 saturated carbocycles. The van der Waals surface area contributed by atoms with E-state index in [-0.39, 0.29) is 6.04 Å². The van der Waals surface area contributed by atoms with E-state index in [9.17, 15) is 4.79 Å². The highest BCUT2D eigenvalue weighted by molar-refractivity contribution is 5.89. The molecule has 0 N–H and O–H groups in total. The average molecular weight is 265 g/mol. The van der Waals surface area contributed by atoms with E-state index in [1.807, 2.05) is 43.4 Å². The number of fused-ring (bicyclic) bond motifs is 1. The number of hydrogen-bond acceptors (Lipinski definition) is 2. The number of carbonyl (C=O) groups is 1. The van der Waals surface area contributed by atoms with Crippen LogP contribution in [0.1, 0.15) is 17.5 Å². The molecule has 0 aliphatic carbocycles. The number of Topliss-reactive ketones (excluding diaryl/α,β-unsaturated/α-hetero) is 1. The lowest BCUT2D eigenvalue weighted by molar-refractivity contribution is -0.119. The van der Waals surface area contributed by atoms with Gasteiger partial charge in [0.1, 0.15) is 0 Å². The number of hydrogen-bond donors (Lipinski definition) is 0. The summed E-state index contributed by atoms with van der Waals surface area (Å²) in [6.07, 6.45) is 2.43. The number of rotatable bonds is 3. The molecule has 102 valence electrons. The molecule has 2 aromatic carbocycles. The van der Waals surface area contributed by atoms with Crippen LogP contribution in [0.3, 0.4) is 0 Å². The van der Waals surface area contributed by atoms with Crippen molar-refractivity contribution in [1.82, 2.24) is 0 Å². The first-order valence-electron chi connectivity index (χ1n) is 7.13. The Morgan fingerprint density at radius 1 is 1.10 bits per heavy atom. The van der Waals surface area contributed by atoms with Crippen molar-refractivity contribution in [2.75, 3.05) is 11.9 Å². The molecule has 0 radical (unpaired) electrons. The molecule has 0 amide bonds. The molecule has 2 heteroatoms. The topological polar surface area (TPSA) is 20.3 Å². The van der Waals surface area contributed by atoms with Crippen LogP contribution in [0, 0.1) is 0 Å². The molecule has 1 aliphatic rings. The molecular weight excluding hydrogens is 246 g/mol. The SMILES string of the molecule is CN1c2ccccc2CCC1C(=O)Cc1ccccc1. The summed E-state index contributed by atoms with van der Waals surface area (Å²) in [6, 6.07) is 18.4. The van der Waals surface area contributed by atoms with Crippen LogP contribution in [0.15, 0.2) is 54.6 Å². The quantitative estimate of drug-likeness (QED) is 0.849. The van der Waals surface area contributed by atoms with Crippen molar-refractivity contribution >= 4 is 11.5 Å². The van der Waals surface area contributed by atoms with E-state index in [4.69, 9.17) is 0 Å². The molecular formula is C18H19NO. The number of likely N-dealkylation sites (N-methyl/N-ethyl adjacent to an activating group) is 1. The molecule has 1 atom stereocenters. The zero-order valence-corrected chi connectivity index (χ0v) is 11.8. The predicted octanol–water partition coefficient (Wildman–Crippen LogP) is 3.25. The lowest BCUT2D eigenvalue weighted by Crippen LogP contribution is -2.42. The van der Waals surface area contributed by atoms with Gasteiger partial charge in [-0.15, -0.1) is 0 Å². The number of anilines is 1. The molecule has 3 rings (SSSR count). The van der Waals surface area contributed by atoms with E-state index in [1.165, 1.54) is 11.3 Å².